The van der Waals surface area contributed by atoms with E-state index >= 15 is 0 Å². The molecule has 24 heavy (non-hydrogen) atoms. The van der Waals surface area contributed by atoms with Gasteiger partial charge in [0, 0.05) is 17.7 Å². The first kappa shape index (κ1) is 15.3. The average molecular weight is 325 g/mol. The lowest BCUT2D eigenvalue weighted by Gasteiger charge is -2.06. The lowest BCUT2D eigenvalue weighted by atomic mass is 10.1. The number of esters is 1. The Morgan fingerprint density at radius 2 is 1.88 bits per heavy atom. The summed E-state index contributed by atoms with van der Waals surface area (Å²) in [6, 6.07) is 10.4. The van der Waals surface area contributed by atoms with Crippen molar-refractivity contribution < 1.29 is 19.2 Å². The smallest absolute Gasteiger partial charge is 0.338 e. The van der Waals surface area contributed by atoms with Gasteiger partial charge in [-0.3, -0.25) is 19.5 Å². The minimum atomic E-state index is -0.761. The molecule has 0 saturated carbocycles. The number of nitro groups is 1. The number of para-hydroxylation sites is 2. The van der Waals surface area contributed by atoms with Crippen molar-refractivity contribution in [1.82, 2.24) is 9.55 Å². The molecule has 0 amide bonds. The molecular weight excluding hydrogens is 314 g/mol. The number of nitro benzene ring substituents is 1. The third kappa shape index (κ3) is 2.60. The molecule has 2 aromatic carbocycles. The number of imidazole rings is 1. The summed E-state index contributed by atoms with van der Waals surface area (Å²) in [5.74, 6) is -1.29. The summed E-state index contributed by atoms with van der Waals surface area (Å²) in [6.07, 6.45) is 1.34. The molecule has 8 heteroatoms. The topological polar surface area (TPSA) is 104 Å². The number of benzene rings is 2. The van der Waals surface area contributed by atoms with Gasteiger partial charge in [-0.15, -0.1) is 0 Å². The van der Waals surface area contributed by atoms with E-state index in [0.29, 0.717) is 11.0 Å². The van der Waals surface area contributed by atoms with Crippen molar-refractivity contribution >= 4 is 28.6 Å². The lowest BCUT2D eigenvalue weighted by molar-refractivity contribution is -0.384. The van der Waals surface area contributed by atoms with Crippen molar-refractivity contribution in [3.8, 4) is 0 Å². The molecular formula is C16H11N3O5. The van der Waals surface area contributed by atoms with Crippen molar-refractivity contribution in [2.75, 3.05) is 7.11 Å². The van der Waals surface area contributed by atoms with E-state index in [-0.39, 0.29) is 16.8 Å². The number of hydrogen-bond acceptors (Lipinski definition) is 6. The number of carbonyl (C=O) groups excluding carboxylic acids is 2. The van der Waals surface area contributed by atoms with Crippen LogP contribution in [-0.2, 0) is 4.74 Å². The fraction of sp³-hybridized carbons (Fsp3) is 0.0625. The van der Waals surface area contributed by atoms with Crippen LogP contribution in [0.2, 0.25) is 0 Å². The first-order valence-corrected chi connectivity index (χ1v) is 6.86. The van der Waals surface area contributed by atoms with Gasteiger partial charge in [-0.05, 0) is 18.2 Å². The molecule has 1 heterocycles. The SMILES string of the molecule is COC(=O)c1cc(C(=O)n2cnc3ccccc32)cc([N+](=O)[O-])c1. The van der Waals surface area contributed by atoms with Gasteiger partial charge in [-0.1, -0.05) is 12.1 Å². The van der Waals surface area contributed by atoms with E-state index in [2.05, 4.69) is 9.72 Å². The summed E-state index contributed by atoms with van der Waals surface area (Å²) in [6.45, 7) is 0. The second kappa shape index (κ2) is 5.92. The lowest BCUT2D eigenvalue weighted by Crippen LogP contribution is -2.13. The van der Waals surface area contributed by atoms with E-state index in [4.69, 9.17) is 0 Å². The normalized spacial score (nSPS) is 10.5. The van der Waals surface area contributed by atoms with Crippen molar-refractivity contribution in [3.63, 3.8) is 0 Å². The van der Waals surface area contributed by atoms with Crippen LogP contribution in [0.25, 0.3) is 11.0 Å². The molecule has 0 radical (unpaired) electrons. The number of aromatic nitrogens is 2. The van der Waals surface area contributed by atoms with Crippen LogP contribution in [0.3, 0.4) is 0 Å². The monoisotopic (exact) mass is 325 g/mol. The molecule has 8 nitrogen and oxygen atoms in total. The van der Waals surface area contributed by atoms with Gasteiger partial charge in [0.25, 0.3) is 11.6 Å². The number of ether oxygens (including phenoxy) is 1. The Hall–Kier alpha value is -3.55. The summed E-state index contributed by atoms with van der Waals surface area (Å²) < 4.78 is 5.85. The number of methoxy groups -OCH3 is 1. The maximum atomic E-state index is 12.7. The zero-order valence-electron chi connectivity index (χ0n) is 12.5. The minimum absolute atomic E-state index is 0.00671. The number of rotatable bonds is 3. The number of hydrogen-bond donors (Lipinski definition) is 0. The Morgan fingerprint density at radius 3 is 2.58 bits per heavy atom. The molecule has 0 fully saturated rings. The van der Waals surface area contributed by atoms with E-state index in [1.54, 1.807) is 24.3 Å². The minimum Gasteiger partial charge on any atom is -0.465 e. The maximum absolute atomic E-state index is 12.7. The summed E-state index contributed by atoms with van der Waals surface area (Å²) in [5.41, 5.74) is 0.732. The molecule has 0 atom stereocenters. The summed E-state index contributed by atoms with van der Waals surface area (Å²) in [7, 11) is 1.16. The predicted molar refractivity (Wildman–Crippen MR) is 83.9 cm³/mol. The largest absolute Gasteiger partial charge is 0.465 e. The highest BCUT2D eigenvalue weighted by molar-refractivity contribution is 6.03. The zero-order chi connectivity index (χ0) is 17.3. The first-order chi connectivity index (χ1) is 11.5. The van der Waals surface area contributed by atoms with E-state index in [1.807, 2.05) is 0 Å². The highest BCUT2D eigenvalue weighted by Crippen LogP contribution is 2.21. The Labute approximate surface area is 135 Å². The van der Waals surface area contributed by atoms with Gasteiger partial charge in [0.05, 0.1) is 28.6 Å². The second-order valence-electron chi connectivity index (χ2n) is 4.93. The van der Waals surface area contributed by atoms with Gasteiger partial charge in [0.1, 0.15) is 6.33 Å². The molecule has 0 bridgehead atoms. The van der Waals surface area contributed by atoms with Gasteiger partial charge in [-0.2, -0.15) is 0 Å². The van der Waals surface area contributed by atoms with Gasteiger partial charge >= 0.3 is 5.97 Å². The van der Waals surface area contributed by atoms with E-state index < -0.39 is 16.8 Å². The van der Waals surface area contributed by atoms with Crippen LogP contribution in [0.1, 0.15) is 20.7 Å². The molecule has 3 aromatic rings. The Morgan fingerprint density at radius 1 is 1.17 bits per heavy atom. The molecule has 120 valence electrons. The van der Waals surface area contributed by atoms with Crippen LogP contribution >= 0.6 is 0 Å². The fourth-order valence-electron chi connectivity index (χ4n) is 2.34. The molecule has 3 rings (SSSR count). The first-order valence-electron chi connectivity index (χ1n) is 6.86. The number of non-ortho nitro benzene ring substituents is 1. The van der Waals surface area contributed by atoms with Crippen molar-refractivity contribution in [2.24, 2.45) is 0 Å². The summed E-state index contributed by atoms with van der Waals surface area (Å²) >= 11 is 0. The Balaban J connectivity index is 2.14. The second-order valence-corrected chi connectivity index (χ2v) is 4.93. The summed E-state index contributed by atoms with van der Waals surface area (Å²) in [5, 5.41) is 11.1. The van der Waals surface area contributed by atoms with Crippen molar-refractivity contribution in [2.45, 2.75) is 0 Å². The Bertz CT molecular complexity index is 977. The van der Waals surface area contributed by atoms with Crippen LogP contribution in [-0.4, -0.2) is 33.5 Å². The molecule has 0 aliphatic carbocycles. The van der Waals surface area contributed by atoms with E-state index in [9.17, 15) is 19.7 Å². The highest BCUT2D eigenvalue weighted by Gasteiger charge is 2.20. The molecule has 0 aliphatic heterocycles. The van der Waals surface area contributed by atoms with Gasteiger partial charge < -0.3 is 4.74 Å². The number of carbonyl (C=O) groups is 2. The molecule has 0 spiro atoms. The van der Waals surface area contributed by atoms with Gasteiger partial charge in [0.2, 0.25) is 0 Å². The van der Waals surface area contributed by atoms with Crippen LogP contribution in [0, 0.1) is 10.1 Å². The molecule has 1 aromatic heterocycles. The van der Waals surface area contributed by atoms with Crippen LogP contribution in [0.15, 0.2) is 48.8 Å². The molecule has 0 aliphatic rings. The summed E-state index contributed by atoms with van der Waals surface area (Å²) in [4.78, 5) is 38.9. The average Bonchev–Trinajstić information content (AvgIpc) is 3.04. The molecule has 0 saturated heterocycles. The zero-order valence-corrected chi connectivity index (χ0v) is 12.5. The van der Waals surface area contributed by atoms with E-state index in [0.717, 1.165) is 19.2 Å². The third-order valence-electron chi connectivity index (χ3n) is 3.47. The standard InChI is InChI=1S/C16H11N3O5/c1-24-16(21)11-6-10(7-12(8-11)19(22)23)15(20)18-9-17-13-4-2-3-5-14(13)18/h2-9H,1H3. The van der Waals surface area contributed by atoms with Gasteiger partial charge in [0.15, 0.2) is 0 Å². The van der Waals surface area contributed by atoms with Crippen LogP contribution < -0.4 is 0 Å². The van der Waals surface area contributed by atoms with Gasteiger partial charge in [-0.25, -0.2) is 9.78 Å². The number of nitrogens with zero attached hydrogens (tertiary/aromatic N) is 3. The van der Waals surface area contributed by atoms with E-state index in [1.165, 1.54) is 17.0 Å². The van der Waals surface area contributed by atoms with Crippen molar-refractivity contribution in [3.05, 3.63) is 70.0 Å². The third-order valence-corrected chi connectivity index (χ3v) is 3.47. The van der Waals surface area contributed by atoms with Crippen molar-refractivity contribution in [1.29, 1.82) is 0 Å². The van der Waals surface area contributed by atoms with Crippen LogP contribution in [0.4, 0.5) is 5.69 Å². The Kier molecular flexibility index (Phi) is 3.78. The maximum Gasteiger partial charge on any atom is 0.338 e. The highest BCUT2D eigenvalue weighted by atomic mass is 16.6. The fourth-order valence-corrected chi connectivity index (χ4v) is 2.34. The van der Waals surface area contributed by atoms with Crippen LogP contribution in [0.5, 0.6) is 0 Å². The molecule has 0 N–H and O–H groups in total. The number of fused-ring (bicyclic) bond motifs is 1. The predicted octanol–water partition coefficient (Wildman–Crippen LogP) is 2.42. The molecule has 0 unspecified atom stereocenters. The quantitative estimate of drug-likeness (QED) is 0.416.